The molecule has 3 aromatic carbocycles. The molecule has 220 valence electrons. The Bertz CT molecular complexity index is 1890. The first-order chi connectivity index (χ1) is 20.9. The molecule has 0 amide bonds. The van der Waals surface area contributed by atoms with Crippen LogP contribution in [0.15, 0.2) is 100 Å². The van der Waals surface area contributed by atoms with Gasteiger partial charge in [0, 0.05) is 11.1 Å². The van der Waals surface area contributed by atoms with Crippen molar-refractivity contribution >= 4 is 23.4 Å². The molecule has 0 saturated carbocycles. The van der Waals surface area contributed by atoms with E-state index in [4.69, 9.17) is 19.2 Å². The average molecular weight is 599 g/mol. The van der Waals surface area contributed by atoms with E-state index in [9.17, 15) is 14.0 Å². The molecule has 1 aliphatic rings. The normalized spacial score (nSPS) is 14.6. The number of rotatable bonds is 10. The maximum Gasteiger partial charge on any atom is 0.338 e. The molecule has 43 heavy (non-hydrogen) atoms. The maximum atomic E-state index is 14.2. The Hall–Kier alpha value is -4.76. The third-order valence-corrected chi connectivity index (χ3v) is 8.11. The minimum atomic E-state index is -0.679. The Labute approximate surface area is 252 Å². The highest BCUT2D eigenvalue weighted by atomic mass is 32.1. The minimum absolute atomic E-state index is 0.0207. The molecule has 2 heterocycles. The molecular formula is C34H31FN2O5S. The van der Waals surface area contributed by atoms with Gasteiger partial charge in [0.05, 0.1) is 36.1 Å². The Morgan fingerprint density at radius 2 is 1.84 bits per heavy atom. The lowest BCUT2D eigenvalue weighted by molar-refractivity contribution is -0.136. The molecule has 1 atom stereocenters. The molecule has 1 aromatic heterocycles. The van der Waals surface area contributed by atoms with Gasteiger partial charge in [0.1, 0.15) is 12.4 Å². The van der Waals surface area contributed by atoms with Crippen molar-refractivity contribution < 1.29 is 23.4 Å². The second-order valence-electron chi connectivity index (χ2n) is 9.78. The van der Waals surface area contributed by atoms with Crippen LogP contribution in [0, 0.1) is 5.82 Å². The smallest absolute Gasteiger partial charge is 0.338 e. The summed E-state index contributed by atoms with van der Waals surface area (Å²) >= 11 is 1.25. The summed E-state index contributed by atoms with van der Waals surface area (Å²) in [5.41, 5.74) is 3.33. The van der Waals surface area contributed by atoms with Crippen molar-refractivity contribution in [2.24, 2.45) is 4.99 Å². The summed E-state index contributed by atoms with van der Waals surface area (Å²) < 4.78 is 33.1. The van der Waals surface area contributed by atoms with Crippen molar-refractivity contribution in [2.45, 2.75) is 32.4 Å². The van der Waals surface area contributed by atoms with E-state index in [2.05, 4.69) is 6.58 Å². The van der Waals surface area contributed by atoms with Crippen LogP contribution in [0.3, 0.4) is 0 Å². The second kappa shape index (κ2) is 13.0. The average Bonchev–Trinajstić information content (AvgIpc) is 3.34. The van der Waals surface area contributed by atoms with Crippen molar-refractivity contribution in [3.8, 4) is 11.5 Å². The lowest BCUT2D eigenvalue weighted by Crippen LogP contribution is -2.40. The number of methoxy groups -OCH3 is 2. The van der Waals surface area contributed by atoms with E-state index in [0.717, 1.165) is 11.1 Å². The lowest BCUT2D eigenvalue weighted by Gasteiger charge is -2.25. The van der Waals surface area contributed by atoms with Crippen LogP contribution in [-0.2, 0) is 22.6 Å². The van der Waals surface area contributed by atoms with E-state index in [1.165, 1.54) is 31.6 Å². The van der Waals surface area contributed by atoms with Crippen molar-refractivity contribution in [1.82, 2.24) is 4.57 Å². The van der Waals surface area contributed by atoms with Gasteiger partial charge < -0.3 is 14.2 Å². The predicted octanol–water partition coefficient (Wildman–Crippen LogP) is 5.25. The first-order valence-electron chi connectivity index (χ1n) is 13.8. The fraction of sp³-hybridized carbons (Fsp3) is 0.206. The zero-order valence-electron chi connectivity index (χ0n) is 24.1. The summed E-state index contributed by atoms with van der Waals surface area (Å²) in [5.74, 6) is 0.0457. The molecule has 0 radical (unpaired) electrons. The summed E-state index contributed by atoms with van der Waals surface area (Å²) in [5, 5.41) is 0. The van der Waals surface area contributed by atoms with Crippen molar-refractivity contribution in [3.63, 3.8) is 0 Å². The fourth-order valence-corrected chi connectivity index (χ4v) is 6.14. The summed E-state index contributed by atoms with van der Waals surface area (Å²) in [6.07, 6.45) is 4.47. The van der Waals surface area contributed by atoms with Gasteiger partial charge in [-0.25, -0.2) is 14.2 Å². The molecule has 4 aromatic rings. The number of carbonyl (C=O) groups excluding carboxylic acids is 1. The summed E-state index contributed by atoms with van der Waals surface area (Å²) in [7, 11) is 2.86. The second-order valence-corrected chi connectivity index (χ2v) is 10.8. The molecule has 0 N–H and O–H groups in total. The number of halogens is 1. The van der Waals surface area contributed by atoms with Crippen LogP contribution in [0.2, 0.25) is 0 Å². The number of fused-ring (bicyclic) bond motifs is 1. The predicted molar refractivity (Wildman–Crippen MR) is 164 cm³/mol. The minimum Gasteiger partial charge on any atom is -0.493 e. The summed E-state index contributed by atoms with van der Waals surface area (Å²) in [6, 6.07) is 18.8. The van der Waals surface area contributed by atoms with Gasteiger partial charge in [0.25, 0.3) is 5.56 Å². The Kier molecular flexibility index (Phi) is 9.01. The van der Waals surface area contributed by atoms with E-state index >= 15 is 0 Å². The number of allylic oxidation sites excluding steroid dienone is 2. The molecule has 0 unspecified atom stereocenters. The molecule has 0 bridgehead atoms. The summed E-state index contributed by atoms with van der Waals surface area (Å²) in [4.78, 5) is 32.2. The topological polar surface area (TPSA) is 79.1 Å². The molecule has 0 saturated heterocycles. The van der Waals surface area contributed by atoms with Crippen molar-refractivity contribution in [3.05, 3.63) is 138 Å². The Morgan fingerprint density at radius 3 is 2.51 bits per heavy atom. The highest BCUT2D eigenvalue weighted by Crippen LogP contribution is 2.35. The van der Waals surface area contributed by atoms with Gasteiger partial charge >= 0.3 is 5.97 Å². The number of esters is 1. The van der Waals surface area contributed by atoms with Crippen LogP contribution in [0.4, 0.5) is 4.39 Å². The standard InChI is InChI=1S/C34H31FN2O5S/c1-5-12-23-17-21(18-27(40-3)31(23)42-20-24-15-10-11-16-25(24)35)19-28-32(38)37-30(22-13-8-7-9-14-22)29(33(39)41-4)26(6-2)36-34(37)43-28/h5,7-11,13-19,30H,1,6,12,20H2,2-4H3/b28-19-/t30-/m0/s1. The third kappa shape index (κ3) is 5.94. The van der Waals surface area contributed by atoms with Gasteiger partial charge in [0.2, 0.25) is 0 Å². The number of carbonyl (C=O) groups is 1. The largest absolute Gasteiger partial charge is 0.493 e. The quantitative estimate of drug-likeness (QED) is 0.184. The molecule has 0 fully saturated rings. The number of hydrogen-bond acceptors (Lipinski definition) is 7. The number of thiazole rings is 1. The number of ether oxygens (including phenoxy) is 3. The Morgan fingerprint density at radius 1 is 1.09 bits per heavy atom. The van der Waals surface area contributed by atoms with Gasteiger partial charge in [0.15, 0.2) is 16.3 Å². The van der Waals surface area contributed by atoms with Gasteiger partial charge in [-0.2, -0.15) is 0 Å². The van der Waals surface area contributed by atoms with Crippen LogP contribution in [0.5, 0.6) is 11.5 Å². The number of benzene rings is 3. The molecule has 7 nitrogen and oxygen atoms in total. The highest BCUT2D eigenvalue weighted by molar-refractivity contribution is 7.07. The van der Waals surface area contributed by atoms with Crippen LogP contribution in [0.25, 0.3) is 6.08 Å². The van der Waals surface area contributed by atoms with E-state index in [0.29, 0.717) is 56.1 Å². The van der Waals surface area contributed by atoms with Crippen LogP contribution in [-0.4, -0.2) is 24.8 Å². The Balaban J connectivity index is 1.63. The van der Waals surface area contributed by atoms with Gasteiger partial charge in [-0.15, -0.1) is 6.58 Å². The molecule has 1 aliphatic heterocycles. The van der Waals surface area contributed by atoms with Crippen LogP contribution >= 0.6 is 11.3 Å². The molecule has 0 spiro atoms. The van der Waals surface area contributed by atoms with Gasteiger partial charge in [-0.1, -0.05) is 72.9 Å². The molecule has 0 aliphatic carbocycles. The highest BCUT2D eigenvalue weighted by Gasteiger charge is 2.33. The monoisotopic (exact) mass is 598 g/mol. The summed E-state index contributed by atoms with van der Waals surface area (Å²) in [6.45, 7) is 5.80. The van der Waals surface area contributed by atoms with Crippen molar-refractivity contribution in [2.75, 3.05) is 14.2 Å². The van der Waals surface area contributed by atoms with Crippen LogP contribution in [0.1, 0.15) is 41.6 Å². The van der Waals surface area contributed by atoms with Gasteiger partial charge in [-0.3, -0.25) is 9.36 Å². The molecule has 9 heteroatoms. The van der Waals surface area contributed by atoms with E-state index < -0.39 is 12.0 Å². The zero-order valence-corrected chi connectivity index (χ0v) is 24.9. The van der Waals surface area contributed by atoms with Crippen LogP contribution < -0.4 is 24.4 Å². The third-order valence-electron chi connectivity index (χ3n) is 7.13. The lowest BCUT2D eigenvalue weighted by atomic mass is 9.95. The fourth-order valence-electron chi connectivity index (χ4n) is 5.12. The first-order valence-corrected chi connectivity index (χ1v) is 14.6. The first kappa shape index (κ1) is 29.7. The molecule has 5 rings (SSSR count). The van der Waals surface area contributed by atoms with E-state index in [1.807, 2.05) is 43.3 Å². The molecular weight excluding hydrogens is 567 g/mol. The van der Waals surface area contributed by atoms with E-state index in [1.54, 1.807) is 41.0 Å². The number of hydrogen-bond donors (Lipinski definition) is 0. The maximum absolute atomic E-state index is 14.2. The van der Waals surface area contributed by atoms with E-state index in [-0.39, 0.29) is 18.0 Å². The number of aromatic nitrogens is 1. The SMILES string of the molecule is C=CCc1cc(/C=c2\sc3n(c2=O)[C@@H](c2ccccc2)C(C(=O)OC)=C(CC)N=3)cc(OC)c1OCc1ccccc1F. The number of nitrogens with zero attached hydrogens (tertiary/aromatic N) is 2. The van der Waals surface area contributed by atoms with Gasteiger partial charge in [-0.05, 0) is 48.2 Å². The van der Waals surface area contributed by atoms with Crippen molar-refractivity contribution in [1.29, 1.82) is 0 Å². The zero-order chi connectivity index (χ0) is 30.5.